The van der Waals surface area contributed by atoms with Gasteiger partial charge in [0, 0.05) is 17.8 Å². The summed E-state index contributed by atoms with van der Waals surface area (Å²) in [6, 6.07) is 9.25. The summed E-state index contributed by atoms with van der Waals surface area (Å²) in [5.74, 6) is -0.817. The minimum absolute atomic E-state index is 0.267. The van der Waals surface area contributed by atoms with Gasteiger partial charge in [-0.1, -0.05) is 11.6 Å². The van der Waals surface area contributed by atoms with Gasteiger partial charge in [0.15, 0.2) is 0 Å². The van der Waals surface area contributed by atoms with E-state index in [4.69, 9.17) is 16.3 Å². The molecule has 6 nitrogen and oxygen atoms in total. The minimum atomic E-state index is -0.409. The summed E-state index contributed by atoms with van der Waals surface area (Å²) in [7, 11) is 2.86. The van der Waals surface area contributed by atoms with Crippen LogP contribution in [0.15, 0.2) is 36.4 Å². The van der Waals surface area contributed by atoms with Crippen LogP contribution in [0.4, 0.5) is 5.69 Å². The zero-order valence-corrected chi connectivity index (χ0v) is 13.7. The molecule has 24 heavy (non-hydrogen) atoms. The van der Waals surface area contributed by atoms with Gasteiger partial charge in [-0.25, -0.2) is 0 Å². The van der Waals surface area contributed by atoms with E-state index in [9.17, 15) is 14.4 Å². The second-order valence-electron chi connectivity index (χ2n) is 5.23. The van der Waals surface area contributed by atoms with Crippen LogP contribution in [0.2, 0.25) is 5.02 Å². The lowest BCUT2D eigenvalue weighted by Crippen LogP contribution is -2.24. The molecule has 7 heteroatoms. The summed E-state index contributed by atoms with van der Waals surface area (Å²) >= 11 is 5.88. The maximum absolute atomic E-state index is 12.4. The van der Waals surface area contributed by atoms with Gasteiger partial charge in [0.1, 0.15) is 5.75 Å². The van der Waals surface area contributed by atoms with Gasteiger partial charge in [-0.3, -0.25) is 19.3 Å². The van der Waals surface area contributed by atoms with Crippen LogP contribution in [-0.2, 0) is 0 Å². The topological polar surface area (TPSA) is 75.7 Å². The molecule has 1 heterocycles. The van der Waals surface area contributed by atoms with Crippen molar-refractivity contribution in [2.45, 2.75) is 0 Å². The fraction of sp³-hybridized carbons (Fsp3) is 0.118. The van der Waals surface area contributed by atoms with Crippen LogP contribution in [0.1, 0.15) is 31.1 Å². The molecule has 122 valence electrons. The monoisotopic (exact) mass is 344 g/mol. The lowest BCUT2D eigenvalue weighted by atomic mass is 10.1. The van der Waals surface area contributed by atoms with Gasteiger partial charge in [-0.05, 0) is 36.4 Å². The summed E-state index contributed by atoms with van der Waals surface area (Å²) in [6.07, 6.45) is 0. The van der Waals surface area contributed by atoms with E-state index in [-0.39, 0.29) is 11.5 Å². The van der Waals surface area contributed by atoms with Gasteiger partial charge in [0.05, 0.1) is 23.8 Å². The predicted octanol–water partition coefficient (Wildman–Crippen LogP) is 2.83. The number of halogens is 1. The Morgan fingerprint density at radius 3 is 2.50 bits per heavy atom. The average Bonchev–Trinajstić information content (AvgIpc) is 2.79. The van der Waals surface area contributed by atoms with E-state index in [2.05, 4.69) is 5.32 Å². The third kappa shape index (κ3) is 2.61. The molecular weight excluding hydrogens is 332 g/mol. The number of rotatable bonds is 3. The Labute approximate surface area is 143 Å². The number of methoxy groups -OCH3 is 1. The molecule has 0 saturated heterocycles. The van der Waals surface area contributed by atoms with Gasteiger partial charge < -0.3 is 10.1 Å². The van der Waals surface area contributed by atoms with Crippen molar-refractivity contribution < 1.29 is 19.1 Å². The van der Waals surface area contributed by atoms with Crippen molar-refractivity contribution >= 4 is 35.0 Å². The molecule has 2 aromatic carbocycles. The molecule has 0 radical (unpaired) electrons. The number of carbonyl (C=O) groups excluding carboxylic acids is 3. The number of imide groups is 1. The van der Waals surface area contributed by atoms with Gasteiger partial charge >= 0.3 is 0 Å². The highest BCUT2D eigenvalue weighted by Gasteiger charge is 2.32. The van der Waals surface area contributed by atoms with E-state index in [0.717, 1.165) is 4.90 Å². The van der Waals surface area contributed by atoms with E-state index in [0.29, 0.717) is 27.6 Å². The number of amides is 3. The molecule has 0 aromatic heterocycles. The second-order valence-corrected chi connectivity index (χ2v) is 5.66. The first-order valence-electron chi connectivity index (χ1n) is 7.03. The van der Waals surface area contributed by atoms with Crippen molar-refractivity contribution in [3.8, 4) is 5.75 Å². The Balaban J connectivity index is 1.89. The van der Waals surface area contributed by atoms with Crippen LogP contribution in [0.5, 0.6) is 5.75 Å². The molecule has 1 aliphatic heterocycles. The number of nitrogens with zero attached hydrogens (tertiary/aromatic N) is 1. The zero-order valence-electron chi connectivity index (χ0n) is 12.9. The number of carbonyl (C=O) groups is 3. The van der Waals surface area contributed by atoms with Crippen LogP contribution < -0.4 is 10.1 Å². The maximum atomic E-state index is 12.4. The van der Waals surface area contributed by atoms with E-state index in [1.165, 1.54) is 32.4 Å². The second kappa shape index (κ2) is 5.98. The third-order valence-electron chi connectivity index (χ3n) is 3.76. The van der Waals surface area contributed by atoms with Gasteiger partial charge in [-0.15, -0.1) is 0 Å². The van der Waals surface area contributed by atoms with Gasteiger partial charge in [-0.2, -0.15) is 0 Å². The number of hydrogen-bond acceptors (Lipinski definition) is 4. The number of anilines is 1. The summed E-state index contributed by atoms with van der Waals surface area (Å²) in [5, 5.41) is 3.14. The lowest BCUT2D eigenvalue weighted by Gasteiger charge is -2.10. The summed E-state index contributed by atoms with van der Waals surface area (Å²) < 4.78 is 5.15. The third-order valence-corrected chi connectivity index (χ3v) is 3.99. The highest BCUT2D eigenvalue weighted by atomic mass is 35.5. The molecule has 0 saturated carbocycles. The molecule has 0 aliphatic carbocycles. The number of fused-ring (bicyclic) bond motifs is 1. The predicted molar refractivity (Wildman–Crippen MR) is 88.8 cm³/mol. The first-order valence-corrected chi connectivity index (χ1v) is 7.41. The van der Waals surface area contributed by atoms with Crippen LogP contribution in [0.25, 0.3) is 0 Å². The maximum Gasteiger partial charge on any atom is 0.261 e. The largest absolute Gasteiger partial charge is 0.496 e. The van der Waals surface area contributed by atoms with Crippen LogP contribution in [0.3, 0.4) is 0 Å². The zero-order chi connectivity index (χ0) is 17.4. The molecule has 1 N–H and O–H groups in total. The summed E-state index contributed by atoms with van der Waals surface area (Å²) in [6.45, 7) is 0. The van der Waals surface area contributed by atoms with Crippen LogP contribution in [0, 0.1) is 0 Å². The quantitative estimate of drug-likeness (QED) is 0.869. The molecule has 1 aliphatic rings. The SMILES string of the molecule is COc1cc(Cl)ccc1C(=O)Nc1ccc2c(c1)C(=O)N(C)C2=O. The van der Waals surface area contributed by atoms with Crippen molar-refractivity contribution in [2.24, 2.45) is 0 Å². The Morgan fingerprint density at radius 2 is 1.79 bits per heavy atom. The molecule has 0 fully saturated rings. The van der Waals surface area contributed by atoms with Crippen molar-refractivity contribution in [3.63, 3.8) is 0 Å². The Kier molecular flexibility index (Phi) is 3.99. The van der Waals surface area contributed by atoms with Crippen molar-refractivity contribution in [3.05, 3.63) is 58.1 Å². The highest BCUT2D eigenvalue weighted by molar-refractivity contribution is 6.31. The molecular formula is C17H13ClN2O4. The molecule has 0 bridgehead atoms. The summed E-state index contributed by atoms with van der Waals surface area (Å²) in [4.78, 5) is 37.3. The van der Waals surface area contributed by atoms with Crippen molar-refractivity contribution in [2.75, 3.05) is 19.5 Å². The smallest absolute Gasteiger partial charge is 0.261 e. The number of ether oxygens (including phenoxy) is 1. The van der Waals surface area contributed by atoms with E-state index in [1.54, 1.807) is 18.2 Å². The van der Waals surface area contributed by atoms with Gasteiger partial charge in [0.25, 0.3) is 17.7 Å². The Hall–Kier alpha value is -2.86. The fourth-order valence-electron chi connectivity index (χ4n) is 2.49. The van der Waals surface area contributed by atoms with Crippen LogP contribution in [-0.4, -0.2) is 36.8 Å². The standard InChI is InChI=1S/C17H13ClN2O4/c1-20-16(22)11-6-4-10(8-13(11)17(20)23)19-15(21)12-5-3-9(18)7-14(12)24-2/h3-8H,1-2H3,(H,19,21). The molecule has 0 unspecified atom stereocenters. The number of nitrogens with one attached hydrogen (secondary N) is 1. The molecule has 3 amide bonds. The average molecular weight is 345 g/mol. The fourth-order valence-corrected chi connectivity index (χ4v) is 2.65. The molecule has 3 rings (SSSR count). The Morgan fingerprint density at radius 1 is 1.08 bits per heavy atom. The lowest BCUT2D eigenvalue weighted by molar-refractivity contribution is 0.0692. The molecule has 0 spiro atoms. The van der Waals surface area contributed by atoms with Crippen LogP contribution >= 0.6 is 11.6 Å². The van der Waals surface area contributed by atoms with Crippen molar-refractivity contribution in [1.82, 2.24) is 4.90 Å². The molecule has 0 atom stereocenters. The normalized spacial score (nSPS) is 13.0. The number of hydrogen-bond donors (Lipinski definition) is 1. The first-order chi connectivity index (χ1) is 11.4. The van der Waals surface area contributed by atoms with E-state index in [1.807, 2.05) is 0 Å². The number of benzene rings is 2. The first kappa shape index (κ1) is 16.0. The summed E-state index contributed by atoms with van der Waals surface area (Å²) in [5.41, 5.74) is 1.31. The van der Waals surface area contributed by atoms with Crippen molar-refractivity contribution in [1.29, 1.82) is 0 Å². The highest BCUT2D eigenvalue weighted by Crippen LogP contribution is 2.27. The Bertz CT molecular complexity index is 879. The molecule has 2 aromatic rings. The van der Waals surface area contributed by atoms with E-state index >= 15 is 0 Å². The van der Waals surface area contributed by atoms with E-state index < -0.39 is 11.8 Å². The minimum Gasteiger partial charge on any atom is -0.496 e. The van der Waals surface area contributed by atoms with Gasteiger partial charge in [0.2, 0.25) is 0 Å².